The molecule has 0 aliphatic carbocycles. The van der Waals surface area contributed by atoms with Gasteiger partial charge in [-0.3, -0.25) is 9.59 Å². The topological polar surface area (TPSA) is 49.4 Å². The average Bonchev–Trinajstić information content (AvgIpc) is 2.93. The third-order valence-electron chi connectivity index (χ3n) is 4.69. The number of hydrogen-bond donors (Lipinski definition) is 1. The number of carbonyl (C=O) groups is 2. The van der Waals surface area contributed by atoms with Crippen LogP contribution in [0.2, 0.25) is 0 Å². The Hall–Kier alpha value is -2.76. The van der Waals surface area contributed by atoms with Gasteiger partial charge >= 0.3 is 0 Å². The van der Waals surface area contributed by atoms with E-state index >= 15 is 0 Å². The summed E-state index contributed by atoms with van der Waals surface area (Å²) in [5, 5.41) is 2.90. The van der Waals surface area contributed by atoms with Crippen LogP contribution in [0.4, 0.5) is 8.78 Å². The summed E-state index contributed by atoms with van der Waals surface area (Å²) in [7, 11) is 1.60. The first kappa shape index (κ1) is 18.0. The van der Waals surface area contributed by atoms with E-state index in [-0.39, 0.29) is 17.6 Å². The van der Waals surface area contributed by atoms with E-state index in [1.54, 1.807) is 31.3 Å². The van der Waals surface area contributed by atoms with Crippen molar-refractivity contribution in [3.05, 3.63) is 71.3 Å². The van der Waals surface area contributed by atoms with Gasteiger partial charge in [0.1, 0.15) is 17.7 Å². The molecular weight excluding hydrogens is 338 g/mol. The van der Waals surface area contributed by atoms with Crippen molar-refractivity contribution < 1.29 is 18.4 Å². The predicted octanol–water partition coefficient (Wildman–Crippen LogP) is 2.99. The van der Waals surface area contributed by atoms with Crippen molar-refractivity contribution in [2.75, 3.05) is 7.05 Å². The van der Waals surface area contributed by atoms with Crippen LogP contribution in [0.3, 0.4) is 0 Å². The Labute approximate surface area is 150 Å². The van der Waals surface area contributed by atoms with Gasteiger partial charge in [0.15, 0.2) is 0 Å². The zero-order valence-electron chi connectivity index (χ0n) is 14.4. The molecule has 2 atom stereocenters. The van der Waals surface area contributed by atoms with Crippen LogP contribution in [0, 0.1) is 11.6 Å². The van der Waals surface area contributed by atoms with Crippen molar-refractivity contribution in [3.8, 4) is 0 Å². The van der Waals surface area contributed by atoms with Crippen molar-refractivity contribution in [2.24, 2.45) is 0 Å². The van der Waals surface area contributed by atoms with Crippen LogP contribution in [0.15, 0.2) is 48.5 Å². The average molecular weight is 358 g/mol. The number of carbonyl (C=O) groups excluding carboxylic acids is 2. The van der Waals surface area contributed by atoms with E-state index in [9.17, 15) is 18.4 Å². The third kappa shape index (κ3) is 4.07. The molecule has 3 rings (SSSR count). The fourth-order valence-electron chi connectivity index (χ4n) is 3.25. The van der Waals surface area contributed by atoms with Gasteiger partial charge in [0, 0.05) is 13.5 Å². The maximum absolute atomic E-state index is 13.7. The van der Waals surface area contributed by atoms with Crippen LogP contribution in [0.1, 0.15) is 30.0 Å². The lowest BCUT2D eigenvalue weighted by Gasteiger charge is -2.24. The van der Waals surface area contributed by atoms with Gasteiger partial charge in [-0.1, -0.05) is 24.3 Å². The van der Waals surface area contributed by atoms with Gasteiger partial charge in [-0.05, 0) is 48.2 Å². The Kier molecular flexibility index (Phi) is 5.30. The van der Waals surface area contributed by atoms with Crippen molar-refractivity contribution in [2.45, 2.75) is 31.3 Å². The zero-order valence-corrected chi connectivity index (χ0v) is 14.4. The Morgan fingerprint density at radius 3 is 2.50 bits per heavy atom. The van der Waals surface area contributed by atoms with Gasteiger partial charge in [0.2, 0.25) is 11.8 Å². The Morgan fingerprint density at radius 1 is 1.19 bits per heavy atom. The van der Waals surface area contributed by atoms with Crippen LogP contribution in [-0.4, -0.2) is 29.8 Å². The highest BCUT2D eigenvalue weighted by Gasteiger charge is 2.34. The number of rotatable bonds is 5. The minimum absolute atomic E-state index is 0.0717. The van der Waals surface area contributed by atoms with Gasteiger partial charge in [0.05, 0.1) is 6.04 Å². The second-order valence-electron chi connectivity index (χ2n) is 6.51. The molecule has 1 N–H and O–H groups in total. The maximum Gasteiger partial charge on any atom is 0.243 e. The molecule has 1 aliphatic rings. The molecule has 0 unspecified atom stereocenters. The van der Waals surface area contributed by atoms with Crippen molar-refractivity contribution in [1.82, 2.24) is 10.2 Å². The molecule has 0 aromatic heterocycles. The first-order valence-corrected chi connectivity index (χ1v) is 8.50. The second-order valence-corrected chi connectivity index (χ2v) is 6.51. The lowest BCUT2D eigenvalue weighted by Crippen LogP contribution is -2.44. The molecule has 0 saturated carbocycles. The molecule has 136 valence electrons. The SMILES string of the molecule is CN1C(=O)CC[C@H]1C(=O)N[C@@H](Cc1cccc(F)c1)c1cccc(F)c1. The molecule has 1 fully saturated rings. The predicted molar refractivity (Wildman–Crippen MR) is 93.2 cm³/mol. The van der Waals surface area contributed by atoms with Gasteiger partial charge < -0.3 is 10.2 Å². The lowest BCUT2D eigenvalue weighted by atomic mass is 9.98. The molecule has 0 radical (unpaired) electrons. The van der Waals surface area contributed by atoms with Crippen molar-refractivity contribution >= 4 is 11.8 Å². The number of nitrogens with zero attached hydrogens (tertiary/aromatic N) is 1. The molecule has 0 bridgehead atoms. The van der Waals surface area contributed by atoms with E-state index in [0.717, 1.165) is 0 Å². The highest BCUT2D eigenvalue weighted by Crippen LogP contribution is 2.22. The van der Waals surface area contributed by atoms with Crippen LogP contribution in [-0.2, 0) is 16.0 Å². The molecular formula is C20H20F2N2O2. The van der Waals surface area contributed by atoms with Crippen molar-refractivity contribution in [1.29, 1.82) is 0 Å². The van der Waals surface area contributed by atoms with Gasteiger partial charge in [-0.15, -0.1) is 0 Å². The normalized spacial score (nSPS) is 18.0. The molecule has 1 heterocycles. The number of benzene rings is 2. The number of likely N-dealkylation sites (N-methyl/N-ethyl adjacent to an activating group) is 1. The standard InChI is InChI=1S/C20H20F2N2O2/c1-24-18(8-9-19(24)25)20(26)23-17(14-5-3-7-16(22)12-14)11-13-4-2-6-15(21)10-13/h2-7,10,12,17-18H,8-9,11H2,1H3,(H,23,26)/t17-,18-/m0/s1. The number of amides is 2. The second kappa shape index (κ2) is 7.64. The fourth-order valence-corrected chi connectivity index (χ4v) is 3.25. The van der Waals surface area contributed by atoms with E-state index in [1.165, 1.54) is 29.2 Å². The molecule has 2 amide bonds. The largest absolute Gasteiger partial charge is 0.347 e. The highest BCUT2D eigenvalue weighted by atomic mass is 19.1. The molecule has 1 aliphatic heterocycles. The molecule has 0 spiro atoms. The summed E-state index contributed by atoms with van der Waals surface area (Å²) in [4.78, 5) is 25.8. The first-order valence-electron chi connectivity index (χ1n) is 8.50. The highest BCUT2D eigenvalue weighted by molar-refractivity contribution is 5.90. The number of likely N-dealkylation sites (tertiary alicyclic amines) is 1. The summed E-state index contributed by atoms with van der Waals surface area (Å²) in [6.07, 6.45) is 1.11. The molecule has 4 nitrogen and oxygen atoms in total. The van der Waals surface area contributed by atoms with E-state index in [0.29, 0.717) is 30.4 Å². The van der Waals surface area contributed by atoms with Gasteiger partial charge in [0.25, 0.3) is 0 Å². The van der Waals surface area contributed by atoms with Gasteiger partial charge in [-0.25, -0.2) is 8.78 Å². The summed E-state index contributed by atoms with van der Waals surface area (Å²) in [5.41, 5.74) is 1.28. The lowest BCUT2D eigenvalue weighted by molar-refractivity contribution is -0.134. The van der Waals surface area contributed by atoms with E-state index in [2.05, 4.69) is 5.32 Å². The first-order chi connectivity index (χ1) is 12.4. The Bertz CT molecular complexity index is 825. The monoisotopic (exact) mass is 358 g/mol. The fraction of sp³-hybridized carbons (Fsp3) is 0.300. The summed E-state index contributed by atoms with van der Waals surface area (Å²) in [6.45, 7) is 0. The molecule has 2 aromatic rings. The van der Waals surface area contributed by atoms with Crippen LogP contribution >= 0.6 is 0 Å². The third-order valence-corrected chi connectivity index (χ3v) is 4.69. The quantitative estimate of drug-likeness (QED) is 0.893. The minimum atomic E-state index is -0.536. The number of nitrogens with one attached hydrogen (secondary N) is 1. The van der Waals surface area contributed by atoms with E-state index in [4.69, 9.17) is 0 Å². The summed E-state index contributed by atoms with van der Waals surface area (Å²) < 4.78 is 27.2. The van der Waals surface area contributed by atoms with Crippen LogP contribution in [0.5, 0.6) is 0 Å². The smallest absolute Gasteiger partial charge is 0.243 e. The molecule has 6 heteroatoms. The Balaban J connectivity index is 1.83. The Morgan fingerprint density at radius 2 is 1.88 bits per heavy atom. The van der Waals surface area contributed by atoms with Crippen molar-refractivity contribution in [3.63, 3.8) is 0 Å². The summed E-state index contributed by atoms with van der Waals surface area (Å²) >= 11 is 0. The molecule has 1 saturated heterocycles. The zero-order chi connectivity index (χ0) is 18.7. The van der Waals surface area contributed by atoms with Crippen LogP contribution < -0.4 is 5.32 Å². The summed E-state index contributed by atoms with van der Waals surface area (Å²) in [6, 6.07) is 11.0. The molecule has 2 aromatic carbocycles. The van der Waals surface area contributed by atoms with Crippen LogP contribution in [0.25, 0.3) is 0 Å². The number of halogens is 2. The van der Waals surface area contributed by atoms with E-state index in [1.807, 2.05) is 0 Å². The molecule has 26 heavy (non-hydrogen) atoms. The number of hydrogen-bond acceptors (Lipinski definition) is 2. The summed E-state index contributed by atoms with van der Waals surface area (Å²) in [5.74, 6) is -1.14. The van der Waals surface area contributed by atoms with Gasteiger partial charge in [-0.2, -0.15) is 0 Å². The minimum Gasteiger partial charge on any atom is -0.347 e. The van der Waals surface area contributed by atoms with E-state index < -0.39 is 17.9 Å². The maximum atomic E-state index is 13.7.